The number of aromatic nitrogens is 1. The molecule has 2 amide bonds. The highest BCUT2D eigenvalue weighted by Crippen LogP contribution is 2.13. The molecule has 4 nitrogen and oxygen atoms in total. The van der Waals surface area contributed by atoms with E-state index in [2.05, 4.69) is 15.6 Å². The van der Waals surface area contributed by atoms with E-state index in [1.807, 2.05) is 19.9 Å². The number of amides is 2. The van der Waals surface area contributed by atoms with Crippen LogP contribution in [-0.2, 0) is 0 Å². The number of hydrogen-bond donors (Lipinski definition) is 2. The van der Waals surface area contributed by atoms with Gasteiger partial charge in [-0.3, -0.25) is 4.98 Å². The van der Waals surface area contributed by atoms with Crippen LogP contribution in [0.4, 0.5) is 10.5 Å². The Labute approximate surface area is 77.4 Å². The maximum atomic E-state index is 11.0. The van der Waals surface area contributed by atoms with Gasteiger partial charge in [-0.25, -0.2) is 4.79 Å². The average Bonchev–Trinajstić information content (AvgIpc) is 2.11. The number of hydrogen-bond acceptors (Lipinski definition) is 2. The van der Waals surface area contributed by atoms with Crippen LogP contribution in [0.5, 0.6) is 0 Å². The second-order valence-corrected chi connectivity index (χ2v) is 2.84. The summed E-state index contributed by atoms with van der Waals surface area (Å²) in [5, 5.41) is 5.20. The molecular formula is C9H13N3O. The van der Waals surface area contributed by atoms with Crippen molar-refractivity contribution in [3.8, 4) is 0 Å². The molecule has 2 N–H and O–H groups in total. The van der Waals surface area contributed by atoms with Crippen LogP contribution in [0.3, 0.4) is 0 Å². The Bertz CT molecular complexity index is 323. The lowest BCUT2D eigenvalue weighted by Crippen LogP contribution is -2.24. The van der Waals surface area contributed by atoms with Crippen molar-refractivity contribution in [1.29, 1.82) is 0 Å². The molecular weight excluding hydrogens is 166 g/mol. The van der Waals surface area contributed by atoms with Crippen molar-refractivity contribution in [3.63, 3.8) is 0 Å². The highest BCUT2D eigenvalue weighted by molar-refractivity contribution is 5.89. The lowest BCUT2D eigenvalue weighted by atomic mass is 10.2. The molecule has 0 bridgehead atoms. The largest absolute Gasteiger partial charge is 0.341 e. The maximum Gasteiger partial charge on any atom is 0.318 e. The third kappa shape index (κ3) is 2.43. The fraction of sp³-hybridized carbons (Fsp3) is 0.333. The molecule has 0 saturated carbocycles. The number of nitrogens with zero attached hydrogens (tertiary/aromatic N) is 1. The quantitative estimate of drug-likeness (QED) is 0.685. The van der Waals surface area contributed by atoms with Gasteiger partial charge in [0.25, 0.3) is 0 Å². The zero-order valence-corrected chi connectivity index (χ0v) is 8.01. The van der Waals surface area contributed by atoms with Gasteiger partial charge in [-0.05, 0) is 25.5 Å². The molecule has 0 aromatic carbocycles. The number of aryl methyl sites for hydroxylation is 2. The van der Waals surface area contributed by atoms with Crippen molar-refractivity contribution in [2.45, 2.75) is 13.8 Å². The Kier molecular flexibility index (Phi) is 2.84. The van der Waals surface area contributed by atoms with Crippen LogP contribution in [0, 0.1) is 13.8 Å². The van der Waals surface area contributed by atoms with Gasteiger partial charge in [0, 0.05) is 24.6 Å². The molecule has 0 aliphatic carbocycles. The van der Waals surface area contributed by atoms with E-state index in [1.54, 1.807) is 13.2 Å². The Morgan fingerprint density at radius 3 is 2.77 bits per heavy atom. The van der Waals surface area contributed by atoms with Gasteiger partial charge in [0.1, 0.15) is 0 Å². The minimum Gasteiger partial charge on any atom is -0.341 e. The molecule has 0 saturated heterocycles. The van der Waals surface area contributed by atoms with Crippen LogP contribution in [0.15, 0.2) is 12.3 Å². The van der Waals surface area contributed by atoms with Gasteiger partial charge in [-0.2, -0.15) is 0 Å². The van der Waals surface area contributed by atoms with E-state index < -0.39 is 0 Å². The zero-order valence-electron chi connectivity index (χ0n) is 8.01. The van der Waals surface area contributed by atoms with E-state index in [9.17, 15) is 4.79 Å². The van der Waals surface area contributed by atoms with Crippen molar-refractivity contribution >= 4 is 11.7 Å². The fourth-order valence-electron chi connectivity index (χ4n) is 0.948. The molecule has 0 unspecified atom stereocenters. The number of anilines is 1. The summed E-state index contributed by atoms with van der Waals surface area (Å²) < 4.78 is 0. The molecule has 1 aromatic heterocycles. The standard InChI is InChI=1S/C9H13N3O/c1-6-5-11-7(2)4-8(6)12-9(13)10-3/h4-5H,1-3H3,(H2,10,11,12,13). The molecule has 4 heteroatoms. The Balaban J connectivity index is 2.87. The van der Waals surface area contributed by atoms with Crippen LogP contribution in [-0.4, -0.2) is 18.1 Å². The SMILES string of the molecule is CNC(=O)Nc1cc(C)ncc1C. The number of pyridine rings is 1. The molecule has 1 rings (SSSR count). The van der Waals surface area contributed by atoms with Crippen molar-refractivity contribution in [3.05, 3.63) is 23.5 Å². The van der Waals surface area contributed by atoms with Crippen LogP contribution in [0.1, 0.15) is 11.3 Å². The van der Waals surface area contributed by atoms with Crippen molar-refractivity contribution in [1.82, 2.24) is 10.3 Å². The summed E-state index contributed by atoms with van der Waals surface area (Å²) in [7, 11) is 1.58. The first-order valence-electron chi connectivity index (χ1n) is 4.05. The molecule has 0 fully saturated rings. The van der Waals surface area contributed by atoms with E-state index in [1.165, 1.54) is 0 Å². The van der Waals surface area contributed by atoms with Crippen molar-refractivity contribution < 1.29 is 4.79 Å². The smallest absolute Gasteiger partial charge is 0.318 e. The summed E-state index contributed by atoms with van der Waals surface area (Å²) in [4.78, 5) is 15.1. The molecule has 1 heterocycles. The number of carbonyl (C=O) groups is 1. The Hall–Kier alpha value is -1.58. The molecule has 1 aromatic rings. The topological polar surface area (TPSA) is 54.0 Å². The summed E-state index contributed by atoms with van der Waals surface area (Å²) in [6.45, 7) is 3.78. The third-order valence-electron chi connectivity index (χ3n) is 1.72. The molecule has 13 heavy (non-hydrogen) atoms. The zero-order chi connectivity index (χ0) is 9.84. The number of urea groups is 1. The molecule has 0 atom stereocenters. The van der Waals surface area contributed by atoms with E-state index in [4.69, 9.17) is 0 Å². The summed E-state index contributed by atoms with van der Waals surface area (Å²) >= 11 is 0. The van der Waals surface area contributed by atoms with E-state index >= 15 is 0 Å². The van der Waals surface area contributed by atoms with E-state index in [-0.39, 0.29) is 6.03 Å². The third-order valence-corrected chi connectivity index (χ3v) is 1.72. The average molecular weight is 179 g/mol. The summed E-state index contributed by atoms with van der Waals surface area (Å²) in [5.41, 5.74) is 2.64. The van der Waals surface area contributed by atoms with Gasteiger partial charge < -0.3 is 10.6 Å². The van der Waals surface area contributed by atoms with Crippen LogP contribution >= 0.6 is 0 Å². The van der Waals surface area contributed by atoms with Crippen molar-refractivity contribution in [2.75, 3.05) is 12.4 Å². The van der Waals surface area contributed by atoms with E-state index in [0.29, 0.717) is 0 Å². The normalized spacial score (nSPS) is 9.46. The second kappa shape index (κ2) is 3.89. The summed E-state index contributed by atoms with van der Waals surface area (Å²) in [5.74, 6) is 0. The van der Waals surface area contributed by atoms with Crippen LogP contribution in [0.2, 0.25) is 0 Å². The van der Waals surface area contributed by atoms with Crippen LogP contribution < -0.4 is 10.6 Å². The predicted octanol–water partition coefficient (Wildman–Crippen LogP) is 1.45. The highest BCUT2D eigenvalue weighted by Gasteiger charge is 2.02. The number of rotatable bonds is 1. The first-order valence-corrected chi connectivity index (χ1v) is 4.05. The lowest BCUT2D eigenvalue weighted by molar-refractivity contribution is 0.254. The Morgan fingerprint density at radius 1 is 1.46 bits per heavy atom. The van der Waals surface area contributed by atoms with Gasteiger partial charge in [0.05, 0.1) is 0 Å². The highest BCUT2D eigenvalue weighted by atomic mass is 16.2. The number of carbonyl (C=O) groups excluding carboxylic acids is 1. The first kappa shape index (κ1) is 9.51. The lowest BCUT2D eigenvalue weighted by Gasteiger charge is -2.07. The predicted molar refractivity (Wildman–Crippen MR) is 51.8 cm³/mol. The summed E-state index contributed by atoms with van der Waals surface area (Å²) in [6.07, 6.45) is 1.74. The molecule has 0 aliphatic rings. The number of nitrogens with one attached hydrogen (secondary N) is 2. The first-order chi connectivity index (χ1) is 6.13. The van der Waals surface area contributed by atoms with E-state index in [0.717, 1.165) is 16.9 Å². The molecule has 0 radical (unpaired) electrons. The summed E-state index contributed by atoms with van der Waals surface area (Å²) in [6, 6.07) is 1.62. The fourth-order valence-corrected chi connectivity index (χ4v) is 0.948. The molecule has 0 aliphatic heterocycles. The monoisotopic (exact) mass is 179 g/mol. The minimum atomic E-state index is -0.214. The minimum absolute atomic E-state index is 0.214. The molecule has 70 valence electrons. The van der Waals surface area contributed by atoms with Crippen LogP contribution in [0.25, 0.3) is 0 Å². The molecule has 0 spiro atoms. The van der Waals surface area contributed by atoms with Crippen molar-refractivity contribution in [2.24, 2.45) is 0 Å². The van der Waals surface area contributed by atoms with Gasteiger partial charge in [-0.15, -0.1) is 0 Å². The van der Waals surface area contributed by atoms with Gasteiger partial charge in [-0.1, -0.05) is 0 Å². The van der Waals surface area contributed by atoms with Gasteiger partial charge in [0.2, 0.25) is 0 Å². The Morgan fingerprint density at radius 2 is 2.15 bits per heavy atom. The second-order valence-electron chi connectivity index (χ2n) is 2.84. The van der Waals surface area contributed by atoms with Gasteiger partial charge in [0.15, 0.2) is 0 Å². The maximum absolute atomic E-state index is 11.0. The van der Waals surface area contributed by atoms with Gasteiger partial charge >= 0.3 is 6.03 Å².